The van der Waals surface area contributed by atoms with Crippen LogP contribution in [0.1, 0.15) is 47.5 Å². The molecule has 1 saturated heterocycles. The van der Waals surface area contributed by atoms with E-state index in [0.717, 1.165) is 19.3 Å². The van der Waals surface area contributed by atoms with Gasteiger partial charge in [-0.25, -0.2) is 4.98 Å². The Kier molecular flexibility index (Phi) is 3.06. The fraction of sp³-hybridized carbons (Fsp3) is 0.467. The molecule has 22 heavy (non-hydrogen) atoms. The van der Waals surface area contributed by atoms with Crippen LogP contribution < -0.4 is 5.56 Å². The lowest BCUT2D eigenvalue weighted by Crippen LogP contribution is -2.31. The molecule has 1 amide bonds. The van der Waals surface area contributed by atoms with Crippen molar-refractivity contribution in [2.75, 3.05) is 13.1 Å². The Morgan fingerprint density at radius 1 is 1.32 bits per heavy atom. The molecule has 1 aliphatic carbocycles. The highest BCUT2D eigenvalue weighted by atomic mass is 16.2. The molecule has 1 unspecified atom stereocenters. The van der Waals surface area contributed by atoms with Gasteiger partial charge in [0.2, 0.25) is 0 Å². The van der Waals surface area contributed by atoms with Gasteiger partial charge in [0, 0.05) is 37.5 Å². The van der Waals surface area contributed by atoms with Gasteiger partial charge < -0.3 is 9.88 Å². The highest BCUT2D eigenvalue weighted by molar-refractivity contribution is 5.92. The minimum Gasteiger partial charge on any atom is -0.335 e. The quantitative estimate of drug-likeness (QED) is 0.914. The second-order valence-corrected chi connectivity index (χ2v) is 5.97. The number of aromatic amines is 1. The second kappa shape index (κ2) is 5.08. The lowest BCUT2D eigenvalue weighted by molar-refractivity contribution is 0.0780. The summed E-state index contributed by atoms with van der Waals surface area (Å²) in [6.45, 7) is 1.27. The van der Waals surface area contributed by atoms with Crippen molar-refractivity contribution in [2.45, 2.75) is 31.2 Å². The molecular formula is C15H17N5O2. The van der Waals surface area contributed by atoms with Crippen molar-refractivity contribution in [3.8, 4) is 0 Å². The summed E-state index contributed by atoms with van der Waals surface area (Å²) in [5, 5.41) is 4.23. The Bertz CT molecular complexity index is 748. The van der Waals surface area contributed by atoms with Gasteiger partial charge in [-0.15, -0.1) is 0 Å². The molecule has 2 aromatic heterocycles. The lowest BCUT2D eigenvalue weighted by Gasteiger charge is -2.16. The SMILES string of the molecule is O=C(c1cc(=O)[nH]c(C2CC2)n1)N1CCC(n2cccn2)C1. The number of carbonyl (C=O) groups excluding carboxylic acids is 1. The summed E-state index contributed by atoms with van der Waals surface area (Å²) < 4.78 is 1.88. The Morgan fingerprint density at radius 3 is 2.91 bits per heavy atom. The molecule has 1 N–H and O–H groups in total. The normalized spacial score (nSPS) is 21.3. The van der Waals surface area contributed by atoms with Gasteiger partial charge >= 0.3 is 0 Å². The highest BCUT2D eigenvalue weighted by Crippen LogP contribution is 2.37. The smallest absolute Gasteiger partial charge is 0.272 e. The average Bonchev–Trinajstić information content (AvgIpc) is 3.01. The molecule has 3 heterocycles. The standard InChI is InChI=1S/C15H17N5O2/c21-13-8-12(17-14(18-13)10-2-3-10)15(22)19-7-4-11(9-19)20-6-1-5-16-20/h1,5-6,8,10-11H,2-4,7,9H2,(H,17,18,21). The first-order valence-corrected chi connectivity index (χ1v) is 7.60. The third-order valence-electron chi connectivity index (χ3n) is 4.29. The van der Waals surface area contributed by atoms with Crippen molar-refractivity contribution >= 4 is 5.91 Å². The van der Waals surface area contributed by atoms with Crippen molar-refractivity contribution in [3.05, 3.63) is 46.4 Å². The lowest BCUT2D eigenvalue weighted by atomic mass is 10.3. The van der Waals surface area contributed by atoms with Crippen LogP contribution in [0.5, 0.6) is 0 Å². The maximum Gasteiger partial charge on any atom is 0.272 e. The fourth-order valence-electron chi connectivity index (χ4n) is 2.94. The maximum atomic E-state index is 12.6. The van der Waals surface area contributed by atoms with E-state index in [0.29, 0.717) is 24.8 Å². The summed E-state index contributed by atoms with van der Waals surface area (Å²) in [7, 11) is 0. The summed E-state index contributed by atoms with van der Waals surface area (Å²) in [6.07, 6.45) is 6.59. The van der Waals surface area contributed by atoms with Crippen LogP contribution in [0.25, 0.3) is 0 Å². The maximum absolute atomic E-state index is 12.6. The van der Waals surface area contributed by atoms with Crippen LogP contribution in [0, 0.1) is 0 Å². The van der Waals surface area contributed by atoms with E-state index in [1.165, 1.54) is 6.07 Å². The third kappa shape index (κ3) is 2.43. The van der Waals surface area contributed by atoms with E-state index in [-0.39, 0.29) is 23.2 Å². The van der Waals surface area contributed by atoms with Crippen LogP contribution in [-0.4, -0.2) is 43.6 Å². The third-order valence-corrected chi connectivity index (χ3v) is 4.29. The molecular weight excluding hydrogens is 282 g/mol. The summed E-state index contributed by atoms with van der Waals surface area (Å²) in [6, 6.07) is 3.38. The molecule has 0 radical (unpaired) electrons. The van der Waals surface area contributed by atoms with Crippen molar-refractivity contribution in [1.82, 2.24) is 24.6 Å². The number of aromatic nitrogens is 4. The fourth-order valence-corrected chi connectivity index (χ4v) is 2.94. The summed E-state index contributed by atoms with van der Waals surface area (Å²) in [4.78, 5) is 33.2. The summed E-state index contributed by atoms with van der Waals surface area (Å²) in [5.41, 5.74) is 0.00911. The van der Waals surface area contributed by atoms with Crippen molar-refractivity contribution in [1.29, 1.82) is 0 Å². The van der Waals surface area contributed by atoms with Gasteiger partial charge in [-0.2, -0.15) is 5.10 Å². The van der Waals surface area contributed by atoms with Crippen LogP contribution in [0.4, 0.5) is 0 Å². The molecule has 1 aliphatic heterocycles. The molecule has 4 rings (SSSR count). The van der Waals surface area contributed by atoms with E-state index in [4.69, 9.17) is 0 Å². The zero-order valence-electron chi connectivity index (χ0n) is 12.1. The predicted octanol–water partition coefficient (Wildman–Crippen LogP) is 0.931. The molecule has 7 nitrogen and oxygen atoms in total. The van der Waals surface area contributed by atoms with Crippen molar-refractivity contribution in [2.24, 2.45) is 0 Å². The molecule has 2 aromatic rings. The Balaban J connectivity index is 1.54. The molecule has 0 aromatic carbocycles. The molecule has 1 atom stereocenters. The number of hydrogen-bond donors (Lipinski definition) is 1. The van der Waals surface area contributed by atoms with Crippen LogP contribution >= 0.6 is 0 Å². The van der Waals surface area contributed by atoms with Crippen molar-refractivity contribution < 1.29 is 4.79 Å². The van der Waals surface area contributed by atoms with Gasteiger partial charge in [0.25, 0.3) is 11.5 Å². The van der Waals surface area contributed by atoms with Gasteiger partial charge in [-0.3, -0.25) is 14.3 Å². The number of amides is 1. The van der Waals surface area contributed by atoms with E-state index in [1.54, 1.807) is 11.1 Å². The number of hydrogen-bond acceptors (Lipinski definition) is 4. The Labute approximate surface area is 127 Å². The van der Waals surface area contributed by atoms with Crippen LogP contribution in [0.15, 0.2) is 29.3 Å². The number of rotatable bonds is 3. The zero-order chi connectivity index (χ0) is 15.1. The largest absolute Gasteiger partial charge is 0.335 e. The van der Waals surface area contributed by atoms with Gasteiger partial charge in [-0.05, 0) is 25.3 Å². The van der Waals surface area contributed by atoms with E-state index < -0.39 is 0 Å². The van der Waals surface area contributed by atoms with Gasteiger partial charge in [0.1, 0.15) is 11.5 Å². The average molecular weight is 299 g/mol. The monoisotopic (exact) mass is 299 g/mol. The Morgan fingerprint density at radius 2 is 2.18 bits per heavy atom. The molecule has 1 saturated carbocycles. The van der Waals surface area contributed by atoms with E-state index in [2.05, 4.69) is 15.1 Å². The number of H-pyrrole nitrogens is 1. The highest BCUT2D eigenvalue weighted by Gasteiger charge is 2.31. The predicted molar refractivity (Wildman–Crippen MR) is 78.6 cm³/mol. The first-order valence-electron chi connectivity index (χ1n) is 7.60. The zero-order valence-corrected chi connectivity index (χ0v) is 12.1. The van der Waals surface area contributed by atoms with E-state index in [9.17, 15) is 9.59 Å². The van der Waals surface area contributed by atoms with Gasteiger partial charge in [0.05, 0.1) is 6.04 Å². The van der Waals surface area contributed by atoms with E-state index >= 15 is 0 Å². The van der Waals surface area contributed by atoms with E-state index in [1.807, 2.05) is 16.9 Å². The minimum atomic E-state index is -0.247. The van der Waals surface area contributed by atoms with Crippen LogP contribution in [0.2, 0.25) is 0 Å². The molecule has 0 bridgehead atoms. The van der Waals surface area contributed by atoms with Gasteiger partial charge in [0.15, 0.2) is 0 Å². The number of likely N-dealkylation sites (tertiary alicyclic amines) is 1. The molecule has 2 fully saturated rings. The molecule has 2 aliphatic rings. The van der Waals surface area contributed by atoms with Crippen LogP contribution in [0.3, 0.4) is 0 Å². The topological polar surface area (TPSA) is 83.9 Å². The first-order chi connectivity index (χ1) is 10.7. The van der Waals surface area contributed by atoms with Gasteiger partial charge in [-0.1, -0.05) is 0 Å². The van der Waals surface area contributed by atoms with Crippen LogP contribution in [-0.2, 0) is 0 Å². The molecule has 7 heteroatoms. The van der Waals surface area contributed by atoms with Crippen molar-refractivity contribution in [3.63, 3.8) is 0 Å². The summed E-state index contributed by atoms with van der Waals surface area (Å²) in [5.74, 6) is 0.803. The summed E-state index contributed by atoms with van der Waals surface area (Å²) >= 11 is 0. The Hall–Kier alpha value is -2.44. The molecule has 0 spiro atoms. The number of carbonyl (C=O) groups is 1. The number of nitrogens with one attached hydrogen (secondary N) is 1. The first kappa shape index (κ1) is 13.2. The molecule has 114 valence electrons. The second-order valence-electron chi connectivity index (χ2n) is 5.97. The number of nitrogens with zero attached hydrogens (tertiary/aromatic N) is 4. The minimum absolute atomic E-state index is 0.164.